The Morgan fingerprint density at radius 1 is 0.975 bits per heavy atom. The van der Waals surface area contributed by atoms with Crippen LogP contribution in [0.4, 0.5) is 11.8 Å². The number of hydrogen-bond donors (Lipinski definition) is 2. The van der Waals surface area contributed by atoms with Gasteiger partial charge in [-0.1, -0.05) is 18.2 Å². The molecule has 0 saturated carbocycles. The van der Waals surface area contributed by atoms with Crippen LogP contribution in [0.5, 0.6) is 0 Å². The van der Waals surface area contributed by atoms with Gasteiger partial charge >= 0.3 is 0 Å². The Bertz CT molecular complexity index is 1310. The summed E-state index contributed by atoms with van der Waals surface area (Å²) in [5.74, 6) is 2.80. The van der Waals surface area contributed by atoms with Crippen molar-refractivity contribution in [2.24, 2.45) is 0 Å². The topological polar surface area (TPSA) is 84.9 Å². The second-order valence-corrected chi connectivity index (χ2v) is 13.1. The zero-order chi connectivity index (χ0) is 27.2. The zero-order valence-electron chi connectivity index (χ0n) is 22.8. The summed E-state index contributed by atoms with van der Waals surface area (Å²) in [6, 6.07) is 6.16. The number of aromatic nitrogens is 2. The third kappa shape index (κ3) is 4.99. The lowest BCUT2D eigenvalue weighted by Gasteiger charge is -2.37. The molecule has 1 N–H and O–H groups in total. The van der Waals surface area contributed by atoms with Gasteiger partial charge in [-0.2, -0.15) is 17.6 Å². The molecular weight excluding hydrogens is 543 g/mol. The quantitative estimate of drug-likeness (QED) is 0.410. The molecule has 5 aliphatic heterocycles. The Kier molecular flexibility index (Phi) is 7.40. The fourth-order valence-corrected chi connectivity index (χ4v) is 8.41. The molecule has 11 heteroatoms. The number of amides is 2. The molecule has 3 fully saturated rings. The van der Waals surface area contributed by atoms with Gasteiger partial charge in [-0.15, -0.1) is 11.8 Å². The largest absolute Gasteiger partial charge is 0.353 e. The number of aryl methyl sites for hydroxylation is 1. The van der Waals surface area contributed by atoms with Crippen LogP contribution in [0.3, 0.4) is 0 Å². The lowest BCUT2D eigenvalue weighted by Crippen LogP contribution is -2.51. The molecule has 5 aliphatic rings. The highest BCUT2D eigenvalue weighted by atomic mass is 32.2. The maximum absolute atomic E-state index is 12.6. The van der Waals surface area contributed by atoms with Crippen LogP contribution in [0.15, 0.2) is 23.1 Å². The van der Waals surface area contributed by atoms with Gasteiger partial charge in [-0.25, -0.2) is 4.98 Å². The Hall–Kier alpha value is -2.34. The highest BCUT2D eigenvalue weighted by Gasteiger charge is 2.40. The average Bonchev–Trinajstić information content (AvgIpc) is 3.59. The van der Waals surface area contributed by atoms with Crippen LogP contribution < -0.4 is 15.1 Å². The smallest absolute Gasteiger partial charge is 0.243 e. The number of thioether (sulfide) groups is 1. The predicted molar refractivity (Wildman–Crippen MR) is 160 cm³/mol. The van der Waals surface area contributed by atoms with E-state index >= 15 is 0 Å². The normalized spacial score (nSPS) is 25.7. The molecule has 9 nitrogen and oxygen atoms in total. The number of benzene rings is 1. The van der Waals surface area contributed by atoms with Gasteiger partial charge in [0, 0.05) is 71.0 Å². The molecule has 2 atom stereocenters. The van der Waals surface area contributed by atoms with Crippen LogP contribution in [0, 0.1) is 0 Å². The van der Waals surface area contributed by atoms with E-state index in [0.717, 1.165) is 69.8 Å². The van der Waals surface area contributed by atoms with Crippen LogP contribution in [0.2, 0.25) is 0 Å². The summed E-state index contributed by atoms with van der Waals surface area (Å²) in [5, 5.41) is 2.37. The molecule has 1 aromatic carbocycles. The van der Waals surface area contributed by atoms with E-state index in [2.05, 4.69) is 43.1 Å². The Morgan fingerprint density at radius 2 is 1.80 bits per heavy atom. The van der Waals surface area contributed by atoms with Gasteiger partial charge in [-0.05, 0) is 42.4 Å². The Balaban J connectivity index is 1.04. The van der Waals surface area contributed by atoms with Crippen LogP contribution >= 0.6 is 24.4 Å². The number of hydrogen-bond acceptors (Lipinski definition) is 10. The number of piperidine rings is 2. The van der Waals surface area contributed by atoms with E-state index < -0.39 is 0 Å². The fraction of sp³-hybridized carbons (Fsp3) is 0.586. The average molecular weight is 580 g/mol. The second-order valence-electron chi connectivity index (χ2n) is 11.5. The van der Waals surface area contributed by atoms with Crippen LogP contribution in [-0.2, 0) is 29.1 Å². The van der Waals surface area contributed by atoms with E-state index in [-0.39, 0.29) is 23.2 Å². The molecule has 7 rings (SSSR count). The molecule has 0 spiro atoms. The van der Waals surface area contributed by atoms with Crippen molar-refractivity contribution in [3.8, 4) is 0 Å². The van der Waals surface area contributed by atoms with Crippen molar-refractivity contribution in [1.29, 1.82) is 0 Å². The zero-order valence-corrected chi connectivity index (χ0v) is 24.6. The van der Waals surface area contributed by atoms with E-state index in [9.17, 15) is 9.59 Å². The first-order chi connectivity index (χ1) is 19.5. The maximum atomic E-state index is 12.6. The summed E-state index contributed by atoms with van der Waals surface area (Å²) < 4.78 is 0. The first-order valence-electron chi connectivity index (χ1n) is 14.7. The third-order valence-corrected chi connectivity index (χ3v) is 10.7. The number of thiol groups is 1. The molecular formula is C29H37N7O2S2. The number of rotatable bonds is 5. The number of fused-ring (bicyclic) bond motifs is 2. The summed E-state index contributed by atoms with van der Waals surface area (Å²) >= 11 is 6.82. The highest BCUT2D eigenvalue weighted by Crippen LogP contribution is 2.42. The first kappa shape index (κ1) is 26.6. The minimum absolute atomic E-state index is 0.137. The number of carbonyl (C=O) groups excluding carboxylic acids is 2. The van der Waals surface area contributed by atoms with E-state index in [1.807, 2.05) is 11.8 Å². The lowest BCUT2D eigenvalue weighted by atomic mass is 10.0. The molecule has 3 saturated heterocycles. The van der Waals surface area contributed by atoms with Crippen LogP contribution in [0.25, 0.3) is 0 Å². The van der Waals surface area contributed by atoms with E-state index in [4.69, 9.17) is 22.6 Å². The van der Waals surface area contributed by atoms with Gasteiger partial charge in [0.1, 0.15) is 5.82 Å². The van der Waals surface area contributed by atoms with Crippen LogP contribution in [-0.4, -0.2) is 82.6 Å². The molecule has 0 bridgehead atoms. The summed E-state index contributed by atoms with van der Waals surface area (Å²) in [6.07, 6.45) is 5.74. The number of imide groups is 1. The third-order valence-electron chi connectivity index (χ3n) is 9.05. The van der Waals surface area contributed by atoms with Crippen molar-refractivity contribution >= 4 is 48.0 Å². The van der Waals surface area contributed by atoms with Gasteiger partial charge < -0.3 is 9.80 Å². The fourth-order valence-electron chi connectivity index (χ4n) is 6.81. The van der Waals surface area contributed by atoms with Crippen molar-refractivity contribution in [2.45, 2.75) is 67.9 Å². The Morgan fingerprint density at radius 3 is 2.60 bits per heavy atom. The molecule has 2 amide bonds. The maximum Gasteiger partial charge on any atom is 0.243 e. The second kappa shape index (κ2) is 11.2. The van der Waals surface area contributed by atoms with Gasteiger partial charge in [0.25, 0.3) is 0 Å². The van der Waals surface area contributed by atoms with Gasteiger partial charge in [-0.3, -0.25) is 24.7 Å². The molecule has 2 aromatic rings. The number of anilines is 2. The monoisotopic (exact) mass is 579 g/mol. The first-order valence-corrected chi connectivity index (χ1v) is 16.2. The number of nitrogens with one attached hydrogen (secondary N) is 1. The minimum atomic E-state index is -0.314. The van der Waals surface area contributed by atoms with E-state index in [1.54, 1.807) is 0 Å². The van der Waals surface area contributed by atoms with Crippen molar-refractivity contribution in [1.82, 2.24) is 25.1 Å². The molecule has 2 unspecified atom stereocenters. The van der Waals surface area contributed by atoms with Gasteiger partial charge in [0.05, 0.1) is 22.0 Å². The molecule has 40 heavy (non-hydrogen) atoms. The molecule has 0 aliphatic carbocycles. The summed E-state index contributed by atoms with van der Waals surface area (Å²) in [6.45, 7) is 7.57. The van der Waals surface area contributed by atoms with Gasteiger partial charge in [0.2, 0.25) is 17.8 Å². The number of nitrogens with zero attached hydrogens (tertiary/aromatic N) is 6. The van der Waals surface area contributed by atoms with Crippen molar-refractivity contribution < 1.29 is 9.59 Å². The molecule has 1 aromatic heterocycles. The van der Waals surface area contributed by atoms with Crippen LogP contribution in [0.1, 0.15) is 59.9 Å². The van der Waals surface area contributed by atoms with Gasteiger partial charge in [0.15, 0.2) is 0 Å². The standard InChI is InChI=1S/C29H37N7O2S2/c37-24-8-7-23(27(38)31-24)36-18-21-19(5-4-6-20(21)28(36)39)17-33-12-14-34(15-13-33)26-25-22(9-16-40-25)30-29(32-26)35-10-2-1-3-11-35/h4-6,23,28,39H,1-3,7-18H2,(H,31,37,38). The molecule has 212 valence electrons. The minimum Gasteiger partial charge on any atom is -0.353 e. The van der Waals surface area contributed by atoms with Crippen molar-refractivity contribution in [3.05, 3.63) is 40.6 Å². The summed E-state index contributed by atoms with van der Waals surface area (Å²) in [7, 11) is 0. The molecule has 0 radical (unpaired) electrons. The summed E-state index contributed by atoms with van der Waals surface area (Å²) in [4.78, 5) is 45.3. The Labute approximate surface area is 245 Å². The SMILES string of the molecule is O=C1CCC(N2Cc3c(CN4CCN(c5nc(N6CCCCC6)nc6c5SCC6)CC4)cccc3C2S)C(=O)N1. The highest BCUT2D eigenvalue weighted by molar-refractivity contribution is 7.99. The van der Waals surface area contributed by atoms with Crippen molar-refractivity contribution in [3.63, 3.8) is 0 Å². The van der Waals surface area contributed by atoms with E-state index in [1.165, 1.54) is 46.5 Å². The number of carbonyl (C=O) groups is 2. The predicted octanol–water partition coefficient (Wildman–Crippen LogP) is 2.99. The summed E-state index contributed by atoms with van der Waals surface area (Å²) in [5.41, 5.74) is 5.01. The molecule has 6 heterocycles. The number of piperazine rings is 1. The lowest BCUT2D eigenvalue weighted by molar-refractivity contribution is -0.137. The van der Waals surface area contributed by atoms with Crippen molar-refractivity contribution in [2.75, 3.05) is 54.8 Å². The van der Waals surface area contributed by atoms with E-state index in [0.29, 0.717) is 19.4 Å².